The topological polar surface area (TPSA) is 53.1 Å². The summed E-state index contributed by atoms with van der Waals surface area (Å²) in [5.74, 6) is 0.273. The van der Waals surface area contributed by atoms with Gasteiger partial charge in [-0.3, -0.25) is 9.59 Å². The van der Waals surface area contributed by atoms with E-state index in [-0.39, 0.29) is 30.1 Å². The van der Waals surface area contributed by atoms with E-state index in [1.165, 1.54) is 0 Å². The number of carbonyl (C=O) groups is 2. The number of ether oxygens (including phenoxy) is 1. The number of morpholine rings is 1. The molecule has 0 bridgehead atoms. The highest BCUT2D eigenvalue weighted by Crippen LogP contribution is 2.44. The normalized spacial score (nSPS) is 33.3. The van der Waals surface area contributed by atoms with Crippen molar-refractivity contribution in [3.05, 3.63) is 35.9 Å². The van der Waals surface area contributed by atoms with E-state index in [0.29, 0.717) is 18.7 Å². The van der Waals surface area contributed by atoms with Crippen molar-refractivity contribution in [1.82, 2.24) is 14.7 Å². The third-order valence-electron chi connectivity index (χ3n) is 6.87. The van der Waals surface area contributed by atoms with Gasteiger partial charge in [-0.05, 0) is 58.8 Å². The van der Waals surface area contributed by atoms with Crippen LogP contribution in [0.1, 0.15) is 43.5 Å². The van der Waals surface area contributed by atoms with E-state index < -0.39 is 5.41 Å². The fraction of sp³-hybridized carbons (Fsp3) is 0.652. The number of amides is 2. The lowest BCUT2D eigenvalue weighted by Crippen LogP contribution is -2.67. The van der Waals surface area contributed by atoms with Crippen LogP contribution >= 0.6 is 0 Å². The molecule has 1 aromatic rings. The predicted molar refractivity (Wildman–Crippen MR) is 112 cm³/mol. The van der Waals surface area contributed by atoms with Crippen LogP contribution in [-0.2, 0) is 9.53 Å². The number of piperidine rings is 2. The van der Waals surface area contributed by atoms with Gasteiger partial charge in [-0.25, -0.2) is 0 Å². The number of benzene rings is 1. The summed E-state index contributed by atoms with van der Waals surface area (Å²) in [5, 5.41) is 0. The van der Waals surface area contributed by atoms with Gasteiger partial charge >= 0.3 is 0 Å². The van der Waals surface area contributed by atoms with Gasteiger partial charge in [0, 0.05) is 31.7 Å². The maximum atomic E-state index is 13.9. The number of hydrogen-bond acceptors (Lipinski definition) is 4. The van der Waals surface area contributed by atoms with Crippen LogP contribution in [0.3, 0.4) is 0 Å². The lowest BCUT2D eigenvalue weighted by atomic mass is 9.67. The molecule has 0 aromatic heterocycles. The van der Waals surface area contributed by atoms with Gasteiger partial charge in [0.05, 0.1) is 23.7 Å². The highest BCUT2D eigenvalue weighted by atomic mass is 16.5. The Kier molecular flexibility index (Phi) is 5.67. The van der Waals surface area contributed by atoms with Crippen molar-refractivity contribution < 1.29 is 14.3 Å². The van der Waals surface area contributed by atoms with Gasteiger partial charge in [-0.1, -0.05) is 18.2 Å². The van der Waals surface area contributed by atoms with E-state index >= 15 is 0 Å². The summed E-state index contributed by atoms with van der Waals surface area (Å²) in [7, 11) is 2.09. The fourth-order valence-electron chi connectivity index (χ4n) is 5.53. The third kappa shape index (κ3) is 3.80. The first-order chi connectivity index (χ1) is 13.9. The molecule has 6 heteroatoms. The highest BCUT2D eigenvalue weighted by Gasteiger charge is 2.55. The average molecular weight is 400 g/mol. The van der Waals surface area contributed by atoms with Crippen molar-refractivity contribution in [2.45, 2.75) is 51.4 Å². The zero-order chi connectivity index (χ0) is 20.6. The van der Waals surface area contributed by atoms with Crippen molar-refractivity contribution in [2.24, 2.45) is 5.41 Å². The molecule has 4 atom stereocenters. The highest BCUT2D eigenvalue weighted by molar-refractivity contribution is 5.95. The molecule has 158 valence electrons. The van der Waals surface area contributed by atoms with Gasteiger partial charge in [-0.15, -0.1) is 0 Å². The maximum absolute atomic E-state index is 13.9. The van der Waals surface area contributed by atoms with Gasteiger partial charge in [0.15, 0.2) is 0 Å². The first-order valence-electron chi connectivity index (χ1n) is 10.9. The van der Waals surface area contributed by atoms with Gasteiger partial charge in [0.1, 0.15) is 0 Å². The van der Waals surface area contributed by atoms with E-state index in [2.05, 4.69) is 11.9 Å². The van der Waals surface area contributed by atoms with E-state index in [9.17, 15) is 9.59 Å². The second-order valence-electron chi connectivity index (χ2n) is 9.12. The van der Waals surface area contributed by atoms with Gasteiger partial charge < -0.3 is 19.4 Å². The molecular weight excluding hydrogens is 366 g/mol. The number of carbonyl (C=O) groups excluding carboxylic acids is 2. The minimum Gasteiger partial charge on any atom is -0.372 e. The fourth-order valence-corrected chi connectivity index (χ4v) is 5.53. The molecule has 0 saturated carbocycles. The molecule has 29 heavy (non-hydrogen) atoms. The third-order valence-corrected chi connectivity index (χ3v) is 6.87. The summed E-state index contributed by atoms with van der Waals surface area (Å²) in [6.45, 7) is 7.71. The molecule has 2 amide bonds. The van der Waals surface area contributed by atoms with Crippen molar-refractivity contribution in [3.8, 4) is 0 Å². The molecule has 0 N–H and O–H groups in total. The van der Waals surface area contributed by atoms with Gasteiger partial charge in [-0.2, -0.15) is 0 Å². The molecule has 3 saturated heterocycles. The largest absolute Gasteiger partial charge is 0.372 e. The van der Waals surface area contributed by atoms with Crippen LogP contribution in [0.15, 0.2) is 30.3 Å². The van der Waals surface area contributed by atoms with Crippen LogP contribution in [0, 0.1) is 5.41 Å². The summed E-state index contributed by atoms with van der Waals surface area (Å²) >= 11 is 0. The molecule has 3 heterocycles. The summed E-state index contributed by atoms with van der Waals surface area (Å²) in [6, 6.07) is 9.40. The average Bonchev–Trinajstić information content (AvgIpc) is 2.72. The zero-order valence-electron chi connectivity index (χ0n) is 17.8. The number of fused-ring (bicyclic) bond motifs is 1. The SMILES string of the molecule is CC1CN(C(=O)[C@@]23CCCN(C(=O)c4ccccc4)[C@@H]2CN(C)CC3)CC(C)O1. The van der Waals surface area contributed by atoms with Crippen LogP contribution in [0.4, 0.5) is 0 Å². The van der Waals surface area contributed by atoms with E-state index in [1.807, 2.05) is 54.0 Å². The van der Waals surface area contributed by atoms with Crippen LogP contribution in [0.25, 0.3) is 0 Å². The minimum atomic E-state index is -0.480. The number of likely N-dealkylation sites (N-methyl/N-ethyl adjacent to an activating group) is 1. The van der Waals surface area contributed by atoms with Crippen LogP contribution < -0.4 is 0 Å². The van der Waals surface area contributed by atoms with E-state index in [0.717, 1.165) is 38.9 Å². The lowest BCUT2D eigenvalue weighted by molar-refractivity contribution is -0.164. The standard InChI is InChI=1S/C23H33N3O3/c1-17-14-25(15-18(2)29-17)22(28)23-10-7-12-26(20(23)16-24(3)13-11-23)21(27)19-8-5-4-6-9-19/h4-6,8-9,17-18,20H,7,10-16H2,1-3H3/t17?,18?,20-,23-/m1/s1. The Labute approximate surface area is 173 Å². The first-order valence-corrected chi connectivity index (χ1v) is 10.9. The maximum Gasteiger partial charge on any atom is 0.254 e. The molecular formula is C23H33N3O3. The summed E-state index contributed by atoms with van der Waals surface area (Å²) in [6.07, 6.45) is 2.65. The number of likely N-dealkylation sites (tertiary alicyclic amines) is 2. The summed E-state index contributed by atoms with van der Waals surface area (Å²) in [5.41, 5.74) is 0.226. The molecule has 0 spiro atoms. The second-order valence-corrected chi connectivity index (χ2v) is 9.12. The molecule has 2 unspecified atom stereocenters. The lowest BCUT2D eigenvalue weighted by Gasteiger charge is -2.55. The quantitative estimate of drug-likeness (QED) is 0.766. The van der Waals surface area contributed by atoms with Crippen LogP contribution in [0.2, 0.25) is 0 Å². The smallest absolute Gasteiger partial charge is 0.254 e. The molecule has 0 radical (unpaired) electrons. The number of nitrogens with zero attached hydrogens (tertiary/aromatic N) is 3. The molecule has 3 fully saturated rings. The van der Waals surface area contributed by atoms with E-state index in [4.69, 9.17) is 4.74 Å². The minimum absolute atomic E-state index is 0.0477. The Morgan fingerprint density at radius 2 is 1.69 bits per heavy atom. The molecule has 4 rings (SSSR count). The number of rotatable bonds is 2. The summed E-state index contributed by atoms with van der Waals surface area (Å²) in [4.78, 5) is 33.5. The van der Waals surface area contributed by atoms with Crippen molar-refractivity contribution in [2.75, 3.05) is 39.8 Å². The molecule has 0 aliphatic carbocycles. The first kappa shape index (κ1) is 20.4. The molecule has 3 aliphatic rings. The Morgan fingerprint density at radius 1 is 1.00 bits per heavy atom. The Morgan fingerprint density at radius 3 is 2.38 bits per heavy atom. The zero-order valence-corrected chi connectivity index (χ0v) is 17.8. The van der Waals surface area contributed by atoms with Gasteiger partial charge in [0.25, 0.3) is 5.91 Å². The predicted octanol–water partition coefficient (Wildman–Crippen LogP) is 2.25. The Bertz CT molecular complexity index is 745. The van der Waals surface area contributed by atoms with Gasteiger partial charge in [0.2, 0.25) is 5.91 Å². The summed E-state index contributed by atoms with van der Waals surface area (Å²) < 4.78 is 5.86. The Balaban J connectivity index is 1.65. The van der Waals surface area contributed by atoms with Crippen molar-refractivity contribution in [3.63, 3.8) is 0 Å². The molecule has 6 nitrogen and oxygen atoms in total. The second kappa shape index (κ2) is 8.07. The molecule has 1 aromatic carbocycles. The van der Waals surface area contributed by atoms with Crippen LogP contribution in [-0.4, -0.2) is 84.5 Å². The van der Waals surface area contributed by atoms with Crippen molar-refractivity contribution >= 4 is 11.8 Å². The number of hydrogen-bond donors (Lipinski definition) is 0. The van der Waals surface area contributed by atoms with E-state index in [1.54, 1.807) is 0 Å². The van der Waals surface area contributed by atoms with Crippen molar-refractivity contribution in [1.29, 1.82) is 0 Å². The Hall–Kier alpha value is -1.92. The monoisotopic (exact) mass is 399 g/mol. The van der Waals surface area contributed by atoms with Crippen LogP contribution in [0.5, 0.6) is 0 Å². The molecule has 3 aliphatic heterocycles.